The second-order valence-electron chi connectivity index (χ2n) is 4.28. The van der Waals surface area contributed by atoms with Crippen molar-refractivity contribution in [3.63, 3.8) is 0 Å². The molecule has 0 aliphatic heterocycles. The number of aryl methyl sites for hydroxylation is 1. The molecule has 3 nitrogen and oxygen atoms in total. The molecule has 2 aromatic rings. The van der Waals surface area contributed by atoms with Crippen LogP contribution in [0.25, 0.3) is 0 Å². The van der Waals surface area contributed by atoms with Gasteiger partial charge in [-0.05, 0) is 31.2 Å². The maximum absolute atomic E-state index is 12.1. The molecule has 0 aliphatic carbocycles. The second kappa shape index (κ2) is 6.36. The van der Waals surface area contributed by atoms with E-state index in [0.717, 1.165) is 11.8 Å². The average molecular weight is 363 g/mol. The summed E-state index contributed by atoms with van der Waals surface area (Å²) in [5.74, 6) is 0. The monoisotopic (exact) mass is 361 g/mol. The van der Waals surface area contributed by atoms with Gasteiger partial charge < -0.3 is 0 Å². The van der Waals surface area contributed by atoms with Crippen molar-refractivity contribution < 1.29 is 8.42 Å². The van der Waals surface area contributed by atoms with Crippen molar-refractivity contribution in [3.8, 4) is 0 Å². The molecular weight excluding hydrogens is 353 g/mol. The van der Waals surface area contributed by atoms with Gasteiger partial charge >= 0.3 is 0 Å². The Morgan fingerprint density at radius 1 is 0.952 bits per heavy atom. The molecule has 0 aliphatic rings. The first kappa shape index (κ1) is 16.3. The van der Waals surface area contributed by atoms with Crippen LogP contribution in [0.5, 0.6) is 0 Å². The number of halogens is 3. The molecule has 0 spiro atoms. The van der Waals surface area contributed by atoms with Crippen molar-refractivity contribution in [1.82, 2.24) is 0 Å². The predicted octanol–water partition coefficient (Wildman–Crippen LogP) is 4.76. The fourth-order valence-corrected chi connectivity index (χ4v) is 3.03. The molecule has 110 valence electrons. The summed E-state index contributed by atoms with van der Waals surface area (Å²) in [5, 5.41) is 0.703. The lowest BCUT2D eigenvalue weighted by Crippen LogP contribution is -1.98. The fraction of sp³-hybridized carbons (Fsp3) is 0.0714. The molecule has 7 heteroatoms. The van der Waals surface area contributed by atoms with Crippen LogP contribution in [0.2, 0.25) is 15.1 Å². The highest BCUT2D eigenvalue weighted by Gasteiger charge is 2.13. The zero-order chi connectivity index (χ0) is 15.6. The maximum atomic E-state index is 12.1. The summed E-state index contributed by atoms with van der Waals surface area (Å²) in [7, 11) is -3.81. The van der Waals surface area contributed by atoms with Gasteiger partial charge in [0.15, 0.2) is 0 Å². The quantitative estimate of drug-likeness (QED) is 0.583. The van der Waals surface area contributed by atoms with E-state index in [0.29, 0.717) is 0 Å². The minimum absolute atomic E-state index is 0.0959. The van der Waals surface area contributed by atoms with Gasteiger partial charge in [0, 0.05) is 5.56 Å². The minimum Gasteiger partial charge on any atom is -0.199 e. The largest absolute Gasteiger partial charge is 0.282 e. The summed E-state index contributed by atoms with van der Waals surface area (Å²) >= 11 is 17.8. The van der Waals surface area contributed by atoms with Crippen molar-refractivity contribution in [2.75, 3.05) is 0 Å². The van der Waals surface area contributed by atoms with Gasteiger partial charge in [-0.1, -0.05) is 52.5 Å². The zero-order valence-corrected chi connectivity index (χ0v) is 13.9. The average Bonchev–Trinajstić information content (AvgIpc) is 2.43. The molecule has 0 saturated carbocycles. The van der Waals surface area contributed by atoms with Gasteiger partial charge in [0.2, 0.25) is 0 Å². The topological polar surface area (TPSA) is 46.5 Å². The Morgan fingerprint density at radius 2 is 1.52 bits per heavy atom. The van der Waals surface area contributed by atoms with E-state index in [9.17, 15) is 8.42 Å². The van der Waals surface area contributed by atoms with E-state index in [-0.39, 0.29) is 25.5 Å². The van der Waals surface area contributed by atoms with E-state index >= 15 is 0 Å². The lowest BCUT2D eigenvalue weighted by Gasteiger charge is -2.03. The number of hydrogen-bond donors (Lipinski definition) is 0. The van der Waals surface area contributed by atoms with E-state index in [2.05, 4.69) is 4.40 Å². The van der Waals surface area contributed by atoms with E-state index < -0.39 is 10.0 Å². The highest BCUT2D eigenvalue weighted by Crippen LogP contribution is 2.30. The van der Waals surface area contributed by atoms with Crippen LogP contribution in [-0.2, 0) is 10.0 Å². The molecular formula is C14H10Cl3NO2S. The minimum atomic E-state index is -3.81. The number of hydrogen-bond acceptors (Lipinski definition) is 2. The van der Waals surface area contributed by atoms with E-state index in [1.165, 1.54) is 24.3 Å². The van der Waals surface area contributed by atoms with Crippen LogP contribution >= 0.6 is 34.8 Å². The van der Waals surface area contributed by atoms with Crippen molar-refractivity contribution in [2.45, 2.75) is 11.8 Å². The Balaban J connectivity index is 2.41. The summed E-state index contributed by atoms with van der Waals surface area (Å²) in [6, 6.07) is 9.42. The van der Waals surface area contributed by atoms with Crippen LogP contribution in [0.3, 0.4) is 0 Å². The number of benzene rings is 2. The molecule has 0 saturated heterocycles. The lowest BCUT2D eigenvalue weighted by atomic mass is 10.2. The summed E-state index contributed by atoms with van der Waals surface area (Å²) in [6.45, 7) is 1.87. The first-order chi connectivity index (χ1) is 9.81. The summed E-state index contributed by atoms with van der Waals surface area (Å²) < 4.78 is 27.8. The fourth-order valence-electron chi connectivity index (χ4n) is 1.55. The van der Waals surface area contributed by atoms with Gasteiger partial charge in [-0.25, -0.2) is 0 Å². The van der Waals surface area contributed by atoms with Gasteiger partial charge in [0.25, 0.3) is 10.0 Å². The highest BCUT2D eigenvalue weighted by molar-refractivity contribution is 7.90. The Labute approximate surface area is 138 Å². The molecule has 2 rings (SSSR count). The second-order valence-corrected chi connectivity index (χ2v) is 7.10. The maximum Gasteiger partial charge on any atom is 0.282 e. The molecule has 21 heavy (non-hydrogen) atoms. The SMILES string of the molecule is Cc1ccc(S(=O)(=O)/N=C\c2c(Cl)ccc(Cl)c2Cl)cc1. The van der Waals surface area contributed by atoms with Crippen LogP contribution in [-0.4, -0.2) is 14.6 Å². The Bertz CT molecular complexity index is 800. The third-order valence-corrected chi connectivity index (χ3v) is 5.12. The van der Waals surface area contributed by atoms with Crippen molar-refractivity contribution in [2.24, 2.45) is 4.40 Å². The van der Waals surface area contributed by atoms with Crippen molar-refractivity contribution in [1.29, 1.82) is 0 Å². The van der Waals surface area contributed by atoms with Crippen LogP contribution in [0.15, 0.2) is 45.7 Å². The Kier molecular flexibility index (Phi) is 4.94. The standard InChI is InChI=1S/C14H10Cl3NO2S/c1-9-2-4-10(5-3-9)21(19,20)18-8-11-12(15)6-7-13(16)14(11)17/h2-8H,1H3/b18-8-. The summed E-state index contributed by atoms with van der Waals surface area (Å²) in [6.07, 6.45) is 1.10. The first-order valence-corrected chi connectivity index (χ1v) is 8.39. The van der Waals surface area contributed by atoms with Gasteiger partial charge in [-0.2, -0.15) is 12.8 Å². The predicted molar refractivity (Wildman–Crippen MR) is 87.4 cm³/mol. The summed E-state index contributed by atoms with van der Waals surface area (Å²) in [5.41, 5.74) is 1.22. The van der Waals surface area contributed by atoms with Gasteiger partial charge in [-0.3, -0.25) is 0 Å². The molecule has 0 N–H and O–H groups in total. The van der Waals surface area contributed by atoms with Gasteiger partial charge in [0.1, 0.15) is 0 Å². The van der Waals surface area contributed by atoms with E-state index in [1.807, 2.05) is 6.92 Å². The normalized spacial score (nSPS) is 12.0. The summed E-state index contributed by atoms with van der Waals surface area (Å²) in [4.78, 5) is 0.0959. The molecule has 0 fully saturated rings. The van der Waals surface area contributed by atoms with Gasteiger partial charge in [-0.15, -0.1) is 0 Å². The van der Waals surface area contributed by atoms with Crippen LogP contribution in [0.1, 0.15) is 11.1 Å². The lowest BCUT2D eigenvalue weighted by molar-refractivity contribution is 0.598. The molecule has 0 bridgehead atoms. The third kappa shape index (κ3) is 3.77. The molecule has 0 atom stereocenters. The van der Waals surface area contributed by atoms with Crippen LogP contribution < -0.4 is 0 Å². The van der Waals surface area contributed by atoms with Gasteiger partial charge in [0.05, 0.1) is 26.2 Å². The van der Waals surface area contributed by atoms with Crippen LogP contribution in [0.4, 0.5) is 0 Å². The van der Waals surface area contributed by atoms with Crippen molar-refractivity contribution >= 4 is 51.0 Å². The first-order valence-electron chi connectivity index (χ1n) is 5.82. The van der Waals surface area contributed by atoms with Crippen molar-refractivity contribution in [3.05, 3.63) is 62.6 Å². The molecule has 0 aromatic heterocycles. The third-order valence-electron chi connectivity index (χ3n) is 2.72. The number of sulfonamides is 1. The molecule has 0 radical (unpaired) electrons. The van der Waals surface area contributed by atoms with E-state index in [4.69, 9.17) is 34.8 Å². The Morgan fingerprint density at radius 3 is 2.14 bits per heavy atom. The zero-order valence-electron chi connectivity index (χ0n) is 10.8. The smallest absolute Gasteiger partial charge is 0.199 e. The number of nitrogens with zero attached hydrogens (tertiary/aromatic N) is 1. The van der Waals surface area contributed by atoms with E-state index in [1.54, 1.807) is 12.1 Å². The molecule has 0 unspecified atom stereocenters. The molecule has 2 aromatic carbocycles. The van der Waals surface area contributed by atoms with Crippen LogP contribution in [0, 0.1) is 6.92 Å². The molecule has 0 heterocycles. The number of rotatable bonds is 3. The Hall–Kier alpha value is -1.07. The molecule has 0 amide bonds. The highest BCUT2D eigenvalue weighted by atomic mass is 35.5.